The molecule has 5 fully saturated rings. The molecule has 6 rings (SSSR count). The summed E-state index contributed by atoms with van der Waals surface area (Å²) in [7, 11) is 1.78. The molecule has 0 amide bonds. The zero-order valence-corrected chi connectivity index (χ0v) is 23.7. The third-order valence-electron chi connectivity index (χ3n) is 12.8. The highest BCUT2D eigenvalue weighted by atomic mass is 16.7. The largest absolute Gasteiger partial charge is 0.392 e. The topological polar surface area (TPSA) is 68.3 Å². The molecule has 3 saturated carbocycles. The van der Waals surface area contributed by atoms with Crippen LogP contribution in [0.1, 0.15) is 93.4 Å². The zero-order valence-electron chi connectivity index (χ0n) is 23.7. The molecule has 0 aromatic rings. The van der Waals surface area contributed by atoms with Gasteiger partial charge in [-0.25, -0.2) is 0 Å². The summed E-state index contributed by atoms with van der Waals surface area (Å²) in [4.78, 5) is 12.9. The van der Waals surface area contributed by atoms with Gasteiger partial charge in [-0.05, 0) is 81.0 Å². The average Bonchev–Trinajstić information content (AvgIpc) is 3.11. The van der Waals surface area contributed by atoms with Crippen LogP contribution in [0.2, 0.25) is 0 Å². The molecule has 4 aliphatic carbocycles. The zero-order chi connectivity index (χ0) is 26.1. The Kier molecular flexibility index (Phi) is 5.44. The quantitative estimate of drug-likeness (QED) is 0.398. The third-order valence-corrected chi connectivity index (χ3v) is 12.8. The second-order valence-electron chi connectivity index (χ2n) is 15.0. The van der Waals surface area contributed by atoms with E-state index in [9.17, 15) is 9.90 Å². The smallest absolute Gasteiger partial charge is 0.160 e. The Bertz CT molecular complexity index is 983. The van der Waals surface area contributed by atoms with Crippen LogP contribution in [0.4, 0.5) is 0 Å². The number of carbonyl (C=O) groups is 1. The van der Waals surface area contributed by atoms with Crippen LogP contribution in [0.25, 0.3) is 0 Å². The second kappa shape index (κ2) is 7.67. The molecule has 2 aliphatic heterocycles. The van der Waals surface area contributed by atoms with Crippen LogP contribution in [0, 0.1) is 45.3 Å². The first-order chi connectivity index (χ1) is 16.7. The lowest BCUT2D eigenvalue weighted by Gasteiger charge is -2.67. The fraction of sp³-hybridized carbons (Fsp3) is 0.903. The molecule has 0 aromatic heterocycles. The molecule has 0 unspecified atom stereocenters. The molecule has 6 aliphatic rings. The van der Waals surface area contributed by atoms with Gasteiger partial charge < -0.3 is 19.3 Å². The molecule has 11 atom stereocenters. The summed E-state index contributed by atoms with van der Waals surface area (Å²) in [5.41, 5.74) is 0.904. The van der Waals surface area contributed by atoms with Crippen LogP contribution in [-0.4, -0.2) is 48.2 Å². The molecule has 2 saturated heterocycles. The average molecular weight is 501 g/mol. The number of methoxy groups -OCH3 is 1. The van der Waals surface area contributed by atoms with Crippen molar-refractivity contribution in [2.45, 2.75) is 124 Å². The maximum atomic E-state index is 12.9. The maximum absolute atomic E-state index is 12.9. The highest BCUT2D eigenvalue weighted by Gasteiger charge is 2.69. The van der Waals surface area contributed by atoms with Gasteiger partial charge in [0.05, 0.1) is 17.8 Å². The van der Waals surface area contributed by atoms with Crippen molar-refractivity contribution in [3.05, 3.63) is 11.6 Å². The number of fused-ring (bicyclic) bond motifs is 5. The summed E-state index contributed by atoms with van der Waals surface area (Å²) in [6.45, 7) is 15.8. The van der Waals surface area contributed by atoms with Crippen LogP contribution in [0.5, 0.6) is 0 Å². The van der Waals surface area contributed by atoms with Crippen LogP contribution in [0.3, 0.4) is 0 Å². The van der Waals surface area contributed by atoms with Crippen LogP contribution in [-0.2, 0) is 19.0 Å². The first-order valence-electron chi connectivity index (χ1n) is 14.5. The van der Waals surface area contributed by atoms with Crippen molar-refractivity contribution in [2.24, 2.45) is 45.3 Å². The molecule has 2 heterocycles. The number of allylic oxidation sites excluding steroid dienone is 1. The maximum Gasteiger partial charge on any atom is 0.160 e. The number of aliphatic hydroxyl groups excluding tert-OH is 1. The first kappa shape index (κ1) is 25.5. The predicted octanol–water partition coefficient (Wildman–Crippen LogP) is 5.69. The SMILES string of the molecule is CO[C@@H]1O[C@@H]([C@@H]2OC2(C)C)C[C@H]1[C@@H]1CC=C2[C@]3(C)[C@H](O)C[C@H]4C(C)(C)C(=O)CC[C@]4(C)[C@H]3CC[C@]21C. The van der Waals surface area contributed by atoms with Gasteiger partial charge in [-0.2, -0.15) is 0 Å². The minimum absolute atomic E-state index is 0.0368. The summed E-state index contributed by atoms with van der Waals surface area (Å²) in [5, 5.41) is 11.9. The van der Waals surface area contributed by atoms with Gasteiger partial charge in [0.15, 0.2) is 6.29 Å². The Morgan fingerprint density at radius 2 is 1.72 bits per heavy atom. The lowest BCUT2D eigenvalue weighted by Crippen LogP contribution is -2.65. The number of hydrogen-bond donors (Lipinski definition) is 1. The van der Waals surface area contributed by atoms with Crippen molar-refractivity contribution < 1.29 is 24.1 Å². The Labute approximate surface area is 217 Å². The molecule has 5 nitrogen and oxygen atoms in total. The van der Waals surface area contributed by atoms with E-state index in [1.54, 1.807) is 7.11 Å². The minimum atomic E-state index is -0.415. The van der Waals surface area contributed by atoms with E-state index in [2.05, 4.69) is 54.5 Å². The molecule has 36 heavy (non-hydrogen) atoms. The van der Waals surface area contributed by atoms with E-state index in [1.807, 2.05) is 0 Å². The number of epoxide rings is 1. The monoisotopic (exact) mass is 500 g/mol. The van der Waals surface area contributed by atoms with Gasteiger partial charge in [0.1, 0.15) is 11.9 Å². The molecule has 0 radical (unpaired) electrons. The molecule has 0 aromatic carbocycles. The molecule has 202 valence electrons. The van der Waals surface area contributed by atoms with Crippen molar-refractivity contribution in [3.63, 3.8) is 0 Å². The molecule has 1 N–H and O–H groups in total. The van der Waals surface area contributed by atoms with E-state index in [1.165, 1.54) is 5.57 Å². The highest BCUT2D eigenvalue weighted by Crippen LogP contribution is 2.73. The minimum Gasteiger partial charge on any atom is -0.392 e. The van der Waals surface area contributed by atoms with Gasteiger partial charge in [0.2, 0.25) is 0 Å². The van der Waals surface area contributed by atoms with Crippen molar-refractivity contribution in [3.8, 4) is 0 Å². The van der Waals surface area contributed by atoms with Crippen molar-refractivity contribution in [2.75, 3.05) is 7.11 Å². The highest BCUT2D eigenvalue weighted by molar-refractivity contribution is 5.85. The number of hydrogen-bond acceptors (Lipinski definition) is 5. The summed E-state index contributed by atoms with van der Waals surface area (Å²) in [6.07, 6.45) is 8.76. The molecular weight excluding hydrogens is 452 g/mol. The summed E-state index contributed by atoms with van der Waals surface area (Å²) >= 11 is 0. The number of carbonyl (C=O) groups excluding carboxylic acids is 1. The number of ether oxygens (including phenoxy) is 3. The summed E-state index contributed by atoms with van der Waals surface area (Å²) in [5.74, 6) is 1.80. The van der Waals surface area contributed by atoms with Gasteiger partial charge in [0, 0.05) is 30.3 Å². The van der Waals surface area contributed by atoms with Crippen molar-refractivity contribution in [1.82, 2.24) is 0 Å². The number of aliphatic hydroxyl groups is 1. The molecule has 5 heteroatoms. The Morgan fingerprint density at radius 3 is 2.36 bits per heavy atom. The van der Waals surface area contributed by atoms with Gasteiger partial charge in [-0.15, -0.1) is 0 Å². The standard InChI is InChI=1S/C31H48O5/c1-27(2)22-16-24(33)31(7)20-10-9-18(17-15-19(35-26(17)34-8)25-28(3,4)36-25)29(20,5)13-11-21(31)30(22,6)14-12-23(27)32/h10,17-19,21-22,24-26,33H,9,11-16H2,1-8H3/t17-,18-,19+,21+,22-,24+,25-,26+,29-,30+,31-/m0/s1. The number of ketones is 1. The Hall–Kier alpha value is -0.750. The van der Waals surface area contributed by atoms with Gasteiger partial charge >= 0.3 is 0 Å². The fourth-order valence-corrected chi connectivity index (χ4v) is 10.7. The van der Waals surface area contributed by atoms with Crippen molar-refractivity contribution >= 4 is 5.78 Å². The normalized spacial score (nSPS) is 54.9. The Morgan fingerprint density at radius 1 is 1.03 bits per heavy atom. The van der Waals surface area contributed by atoms with Gasteiger partial charge in [-0.1, -0.05) is 46.3 Å². The van der Waals surface area contributed by atoms with Crippen LogP contribution >= 0.6 is 0 Å². The molecule has 0 spiro atoms. The van der Waals surface area contributed by atoms with E-state index in [4.69, 9.17) is 14.2 Å². The second-order valence-corrected chi connectivity index (χ2v) is 15.0. The van der Waals surface area contributed by atoms with E-state index < -0.39 is 6.10 Å². The van der Waals surface area contributed by atoms with Crippen molar-refractivity contribution in [1.29, 1.82) is 0 Å². The number of rotatable bonds is 3. The van der Waals surface area contributed by atoms with E-state index in [0.717, 1.165) is 38.5 Å². The van der Waals surface area contributed by atoms with Gasteiger partial charge in [0.25, 0.3) is 0 Å². The van der Waals surface area contributed by atoms with E-state index >= 15 is 0 Å². The summed E-state index contributed by atoms with van der Waals surface area (Å²) < 4.78 is 18.3. The predicted molar refractivity (Wildman–Crippen MR) is 138 cm³/mol. The first-order valence-corrected chi connectivity index (χ1v) is 14.5. The molecular formula is C31H48O5. The lowest BCUT2D eigenvalue weighted by molar-refractivity contribution is -0.193. The van der Waals surface area contributed by atoms with E-state index in [-0.39, 0.29) is 51.7 Å². The third kappa shape index (κ3) is 3.12. The van der Waals surface area contributed by atoms with Crippen LogP contribution in [0.15, 0.2) is 11.6 Å². The lowest BCUT2D eigenvalue weighted by atomic mass is 9.37. The molecule has 0 bridgehead atoms. The van der Waals surface area contributed by atoms with Gasteiger partial charge in [-0.3, -0.25) is 4.79 Å². The fourth-order valence-electron chi connectivity index (χ4n) is 10.7. The number of Topliss-reactive ketones (excluding diaryl/α,β-unsaturated/α-hetero) is 1. The van der Waals surface area contributed by atoms with E-state index in [0.29, 0.717) is 30.0 Å². The Balaban J connectivity index is 1.31. The summed E-state index contributed by atoms with van der Waals surface area (Å²) in [6, 6.07) is 0. The van der Waals surface area contributed by atoms with Crippen LogP contribution < -0.4 is 0 Å².